The summed E-state index contributed by atoms with van der Waals surface area (Å²) in [6.45, 7) is 10.8. The van der Waals surface area contributed by atoms with E-state index in [9.17, 15) is 14.4 Å². The number of hydrogen-bond acceptors (Lipinski definition) is 8. The zero-order valence-corrected chi connectivity index (χ0v) is 24.5. The summed E-state index contributed by atoms with van der Waals surface area (Å²) < 4.78 is 23.3. The van der Waals surface area contributed by atoms with Crippen LogP contribution in [0.4, 0.5) is 0 Å². The van der Waals surface area contributed by atoms with Gasteiger partial charge in [-0.3, -0.25) is 14.4 Å². The predicted octanol–water partition coefficient (Wildman–Crippen LogP) is 2.47. The molecule has 0 radical (unpaired) electrons. The molecule has 3 aliphatic rings. The van der Waals surface area contributed by atoms with Gasteiger partial charge in [0.25, 0.3) is 0 Å². The van der Waals surface area contributed by atoms with Crippen LogP contribution >= 0.6 is 0 Å². The molecule has 3 heterocycles. The van der Waals surface area contributed by atoms with Crippen LogP contribution in [0.1, 0.15) is 66.7 Å². The molecule has 2 amide bonds. The van der Waals surface area contributed by atoms with Crippen LogP contribution in [0.15, 0.2) is 36.0 Å². The number of epoxide rings is 1. The average molecular weight is 562 g/mol. The minimum absolute atomic E-state index is 0.0570. The van der Waals surface area contributed by atoms with Crippen LogP contribution < -0.4 is 16.4 Å². The minimum Gasteiger partial charge on any atom is -0.459 e. The Morgan fingerprint density at radius 2 is 1.90 bits per heavy atom. The first kappa shape index (κ1) is 32.0. The van der Waals surface area contributed by atoms with E-state index in [4.69, 9.17) is 24.7 Å². The van der Waals surface area contributed by atoms with Gasteiger partial charge in [0, 0.05) is 45.4 Å². The molecule has 3 rings (SSSR count). The highest BCUT2D eigenvalue weighted by molar-refractivity contribution is 5.87. The van der Waals surface area contributed by atoms with Crippen LogP contribution in [-0.2, 0) is 33.3 Å². The maximum atomic E-state index is 12.4. The summed E-state index contributed by atoms with van der Waals surface area (Å²) in [6.07, 6.45) is 12.1. The second-order valence-corrected chi connectivity index (χ2v) is 11.4. The number of rotatable bonds is 12. The topological polar surface area (TPSA) is 142 Å². The number of carbonyl (C=O) groups excluding carboxylic acids is 3. The van der Waals surface area contributed by atoms with E-state index in [2.05, 4.69) is 42.7 Å². The van der Waals surface area contributed by atoms with Crippen molar-refractivity contribution in [2.45, 2.75) is 109 Å². The summed E-state index contributed by atoms with van der Waals surface area (Å²) in [5.41, 5.74) is 6.45. The molecule has 3 fully saturated rings. The third kappa shape index (κ3) is 10.5. The summed E-state index contributed by atoms with van der Waals surface area (Å²) in [6, 6.07) is -0.0918. The van der Waals surface area contributed by atoms with Crippen LogP contribution in [0.2, 0.25) is 0 Å². The lowest BCUT2D eigenvalue weighted by Crippen LogP contribution is -2.50. The minimum atomic E-state index is -0.459. The van der Waals surface area contributed by atoms with E-state index in [1.807, 2.05) is 6.92 Å². The first-order valence-corrected chi connectivity index (χ1v) is 14.4. The Balaban J connectivity index is 1.45. The normalized spacial score (nSPS) is 33.2. The summed E-state index contributed by atoms with van der Waals surface area (Å²) >= 11 is 0. The average Bonchev–Trinajstić information content (AvgIpc) is 3.63. The lowest BCUT2D eigenvalue weighted by Gasteiger charge is -2.39. The Morgan fingerprint density at radius 1 is 1.15 bits per heavy atom. The third-order valence-electron chi connectivity index (χ3n) is 7.65. The van der Waals surface area contributed by atoms with Crippen molar-refractivity contribution in [3.63, 3.8) is 0 Å². The van der Waals surface area contributed by atoms with Crippen LogP contribution in [-0.4, -0.2) is 79.6 Å². The van der Waals surface area contributed by atoms with Gasteiger partial charge in [0.1, 0.15) is 6.10 Å². The molecule has 10 heteroatoms. The molecule has 0 saturated carbocycles. The van der Waals surface area contributed by atoms with Gasteiger partial charge in [-0.25, -0.2) is 0 Å². The van der Waals surface area contributed by atoms with Gasteiger partial charge in [0.15, 0.2) is 0 Å². The highest BCUT2D eigenvalue weighted by Gasteiger charge is 2.51. The Hall–Kier alpha value is -2.53. The fourth-order valence-corrected chi connectivity index (χ4v) is 5.32. The maximum absolute atomic E-state index is 12.4. The molecule has 10 nitrogen and oxygen atoms in total. The highest BCUT2D eigenvalue weighted by Crippen LogP contribution is 2.42. The van der Waals surface area contributed by atoms with Gasteiger partial charge in [0.05, 0.1) is 42.7 Å². The predicted molar refractivity (Wildman–Crippen MR) is 151 cm³/mol. The number of ether oxygens (including phenoxy) is 4. The molecule has 0 aliphatic carbocycles. The van der Waals surface area contributed by atoms with Gasteiger partial charge in [-0.1, -0.05) is 30.7 Å². The number of amides is 2. The maximum Gasteiger partial charge on any atom is 0.303 e. The first-order chi connectivity index (χ1) is 19.0. The fourth-order valence-electron chi connectivity index (χ4n) is 5.32. The van der Waals surface area contributed by atoms with Gasteiger partial charge in [-0.15, -0.1) is 0 Å². The number of carbonyl (C=O) groups is 3. The molecule has 0 bridgehead atoms. The van der Waals surface area contributed by atoms with Gasteiger partial charge in [-0.2, -0.15) is 0 Å². The Morgan fingerprint density at radius 3 is 2.58 bits per heavy atom. The van der Waals surface area contributed by atoms with Crippen molar-refractivity contribution in [2.75, 3.05) is 19.7 Å². The Bertz CT molecular complexity index is 974. The van der Waals surface area contributed by atoms with Crippen molar-refractivity contribution in [3.8, 4) is 0 Å². The molecule has 3 saturated heterocycles. The monoisotopic (exact) mass is 561 g/mol. The molecule has 224 valence electrons. The molecule has 0 aromatic rings. The molecule has 40 heavy (non-hydrogen) atoms. The zero-order chi connectivity index (χ0) is 29.3. The molecule has 0 aromatic carbocycles. The number of esters is 1. The second kappa shape index (κ2) is 14.9. The van der Waals surface area contributed by atoms with E-state index in [1.54, 1.807) is 13.0 Å². The SMILES string of the molecule is CC(=O)O[C@@H](C)/C=C\C(=O)N[C@@H]1C[C@H](C)[C@H](C/C=C(C)/C=C/[C@@H]2C[C@]3(CO3)C[C@@H](CNC(=O)CCN)O2)O[C@@H]1C. The fraction of sp³-hybridized carbons (Fsp3) is 0.700. The van der Waals surface area contributed by atoms with Crippen molar-refractivity contribution >= 4 is 17.8 Å². The zero-order valence-electron chi connectivity index (χ0n) is 24.5. The first-order valence-electron chi connectivity index (χ1n) is 14.4. The summed E-state index contributed by atoms with van der Waals surface area (Å²) in [4.78, 5) is 35.2. The number of nitrogens with one attached hydrogen (secondary N) is 2. The molecule has 3 aliphatic heterocycles. The van der Waals surface area contributed by atoms with E-state index in [-0.39, 0.29) is 59.8 Å². The quantitative estimate of drug-likeness (QED) is 0.143. The van der Waals surface area contributed by atoms with E-state index in [0.29, 0.717) is 19.5 Å². The Kier molecular flexibility index (Phi) is 11.9. The van der Waals surface area contributed by atoms with Crippen molar-refractivity contribution in [2.24, 2.45) is 11.7 Å². The molecule has 1 spiro atoms. The van der Waals surface area contributed by atoms with Crippen LogP contribution in [0.25, 0.3) is 0 Å². The third-order valence-corrected chi connectivity index (χ3v) is 7.65. The van der Waals surface area contributed by atoms with E-state index in [1.165, 1.54) is 13.0 Å². The highest BCUT2D eigenvalue weighted by atomic mass is 16.6. The molecular formula is C30H47N3O7. The van der Waals surface area contributed by atoms with Gasteiger partial charge in [-0.05, 0) is 45.6 Å². The summed E-state index contributed by atoms with van der Waals surface area (Å²) in [7, 11) is 0. The summed E-state index contributed by atoms with van der Waals surface area (Å²) in [5.74, 6) is -0.403. The van der Waals surface area contributed by atoms with Gasteiger partial charge < -0.3 is 35.3 Å². The smallest absolute Gasteiger partial charge is 0.303 e. The van der Waals surface area contributed by atoms with Crippen molar-refractivity contribution in [1.82, 2.24) is 10.6 Å². The standard InChI is InChI=1S/C30H47N3O7/c1-19(6-9-24-15-30(18-37-30)16-25(40-24)17-32-28(35)12-13-31)7-10-27-20(2)14-26(22(4)39-27)33-29(36)11-8-21(3)38-23(5)34/h6-9,11,20-22,24-27H,10,12-18,31H2,1-5H3,(H,32,35)(H,33,36)/b9-6+,11-8-,19-7+/t20-,21-,22+,24+,25-,26+,27-,30+/m0/s1. The molecule has 0 aromatic heterocycles. The molecule has 4 N–H and O–H groups in total. The van der Waals surface area contributed by atoms with Crippen molar-refractivity contribution in [3.05, 3.63) is 36.0 Å². The van der Waals surface area contributed by atoms with Crippen molar-refractivity contribution < 1.29 is 33.3 Å². The summed E-state index contributed by atoms with van der Waals surface area (Å²) in [5, 5.41) is 5.92. The lowest BCUT2D eigenvalue weighted by atomic mass is 9.88. The second-order valence-electron chi connectivity index (χ2n) is 11.4. The van der Waals surface area contributed by atoms with Crippen LogP contribution in [0.5, 0.6) is 0 Å². The number of hydrogen-bond donors (Lipinski definition) is 3. The van der Waals surface area contributed by atoms with E-state index in [0.717, 1.165) is 37.9 Å². The van der Waals surface area contributed by atoms with Crippen LogP contribution in [0, 0.1) is 5.92 Å². The molecule has 8 atom stereocenters. The number of allylic oxidation sites excluding steroid dienone is 2. The van der Waals surface area contributed by atoms with Crippen LogP contribution in [0.3, 0.4) is 0 Å². The van der Waals surface area contributed by atoms with Gasteiger partial charge >= 0.3 is 5.97 Å². The molecule has 0 unspecified atom stereocenters. The van der Waals surface area contributed by atoms with E-state index < -0.39 is 6.10 Å². The van der Waals surface area contributed by atoms with E-state index >= 15 is 0 Å². The largest absolute Gasteiger partial charge is 0.459 e. The molecular weight excluding hydrogens is 514 g/mol. The lowest BCUT2D eigenvalue weighted by molar-refractivity contribution is -0.143. The number of nitrogens with two attached hydrogens (primary N) is 1. The Labute approximate surface area is 238 Å². The van der Waals surface area contributed by atoms with Gasteiger partial charge in [0.2, 0.25) is 11.8 Å². The van der Waals surface area contributed by atoms with Crippen molar-refractivity contribution in [1.29, 1.82) is 0 Å².